The molecular formula is C24H35NO18. The number of hydrogen-bond acceptors (Lipinski definition) is 18. The lowest BCUT2D eigenvalue weighted by Crippen LogP contribution is -2.65. The minimum Gasteiger partial charge on any atom is -0.462 e. The van der Waals surface area contributed by atoms with Crippen molar-refractivity contribution in [1.29, 1.82) is 0 Å². The molecular weight excluding hydrogens is 590 g/mol. The van der Waals surface area contributed by atoms with E-state index in [4.69, 9.17) is 28.4 Å². The molecule has 1 aromatic carbocycles. The van der Waals surface area contributed by atoms with Gasteiger partial charge < -0.3 is 79.5 Å². The van der Waals surface area contributed by atoms with Crippen LogP contribution in [0.1, 0.15) is 0 Å². The molecule has 3 heterocycles. The standard InChI is InChI=1S/C24H35NO18/c26-5-10-13(28)16(31)18(33)22(40-10)38-7-12-15(30)21(43-23-19(34)17(32)14(29)11(6-27)41-23)20(35)24(42-12)39-9-3-1-8(2-4-9)25(36)37/h1-4,10-24,26-35H,5-7H2/t10-,11-,12-,13-,14-,15+,16+,17+,18+,19+,20+,21+,22+,23-,24+/m1/s1. The Morgan fingerprint density at radius 2 is 1.16 bits per heavy atom. The third kappa shape index (κ3) is 7.22. The monoisotopic (exact) mass is 625 g/mol. The first kappa shape index (κ1) is 33.7. The van der Waals surface area contributed by atoms with Crippen LogP contribution >= 0.6 is 0 Å². The molecule has 0 amide bonds. The van der Waals surface area contributed by atoms with Crippen LogP contribution in [-0.2, 0) is 23.7 Å². The molecule has 0 unspecified atom stereocenters. The summed E-state index contributed by atoms with van der Waals surface area (Å²) in [5, 5.41) is 113. The van der Waals surface area contributed by atoms with Crippen LogP contribution in [0.25, 0.3) is 0 Å². The average Bonchev–Trinajstić information content (AvgIpc) is 2.99. The highest BCUT2D eigenvalue weighted by Gasteiger charge is 2.52. The summed E-state index contributed by atoms with van der Waals surface area (Å²) in [6, 6.07) is 4.63. The maximum Gasteiger partial charge on any atom is 0.269 e. The molecule has 3 fully saturated rings. The number of nitro groups is 1. The fourth-order valence-corrected chi connectivity index (χ4v) is 4.81. The van der Waals surface area contributed by atoms with Crippen LogP contribution in [-0.4, -0.2) is 168 Å². The summed E-state index contributed by atoms with van der Waals surface area (Å²) >= 11 is 0. The predicted octanol–water partition coefficient (Wildman–Crippen LogP) is -5.58. The fraction of sp³-hybridized carbons (Fsp3) is 0.750. The summed E-state index contributed by atoms with van der Waals surface area (Å²) in [4.78, 5) is 10.3. The van der Waals surface area contributed by atoms with Crippen LogP contribution in [0.4, 0.5) is 5.69 Å². The van der Waals surface area contributed by atoms with E-state index in [1.165, 1.54) is 12.1 Å². The molecule has 0 aliphatic carbocycles. The normalized spacial score (nSPS) is 43.7. The molecule has 0 bridgehead atoms. The van der Waals surface area contributed by atoms with E-state index in [9.17, 15) is 61.2 Å². The summed E-state index contributed by atoms with van der Waals surface area (Å²) < 4.78 is 32.9. The molecule has 15 atom stereocenters. The molecule has 3 aliphatic heterocycles. The second-order valence-corrected chi connectivity index (χ2v) is 10.2. The number of hydrogen-bond donors (Lipinski definition) is 10. The minimum absolute atomic E-state index is 0.0220. The van der Waals surface area contributed by atoms with Crippen molar-refractivity contribution in [2.45, 2.75) is 92.1 Å². The van der Waals surface area contributed by atoms with Gasteiger partial charge in [0.1, 0.15) is 79.0 Å². The van der Waals surface area contributed by atoms with Gasteiger partial charge in [0, 0.05) is 12.1 Å². The van der Waals surface area contributed by atoms with Crippen molar-refractivity contribution in [2.75, 3.05) is 19.8 Å². The molecule has 0 radical (unpaired) electrons. The average molecular weight is 626 g/mol. The fourth-order valence-electron chi connectivity index (χ4n) is 4.81. The molecule has 19 nitrogen and oxygen atoms in total. The number of aliphatic hydroxyl groups excluding tert-OH is 10. The zero-order valence-corrected chi connectivity index (χ0v) is 22.3. The first-order valence-electron chi connectivity index (χ1n) is 13.2. The molecule has 43 heavy (non-hydrogen) atoms. The van der Waals surface area contributed by atoms with Crippen molar-refractivity contribution >= 4 is 5.69 Å². The van der Waals surface area contributed by atoms with Crippen LogP contribution < -0.4 is 4.74 Å². The van der Waals surface area contributed by atoms with Crippen molar-refractivity contribution in [2.24, 2.45) is 0 Å². The van der Waals surface area contributed by atoms with Crippen LogP contribution in [0.5, 0.6) is 5.75 Å². The summed E-state index contributed by atoms with van der Waals surface area (Å²) in [6.07, 6.45) is -25.4. The largest absolute Gasteiger partial charge is 0.462 e. The number of aliphatic hydroxyl groups is 10. The Balaban J connectivity index is 1.54. The highest BCUT2D eigenvalue weighted by Crippen LogP contribution is 2.32. The van der Waals surface area contributed by atoms with Gasteiger partial charge in [-0.3, -0.25) is 10.1 Å². The van der Waals surface area contributed by atoms with E-state index < -0.39 is 117 Å². The Labute approximate surface area is 242 Å². The zero-order valence-electron chi connectivity index (χ0n) is 22.3. The van der Waals surface area contributed by atoms with E-state index in [0.29, 0.717) is 0 Å². The molecule has 3 aliphatic rings. The molecule has 0 saturated carbocycles. The van der Waals surface area contributed by atoms with Crippen LogP contribution in [0.3, 0.4) is 0 Å². The van der Waals surface area contributed by atoms with E-state index in [1.54, 1.807) is 0 Å². The lowest BCUT2D eigenvalue weighted by atomic mass is 9.96. The summed E-state index contributed by atoms with van der Waals surface area (Å²) in [7, 11) is 0. The lowest BCUT2D eigenvalue weighted by Gasteiger charge is -2.46. The van der Waals surface area contributed by atoms with Gasteiger partial charge in [-0.15, -0.1) is 0 Å². The Morgan fingerprint density at radius 1 is 0.651 bits per heavy atom. The minimum atomic E-state index is -1.90. The van der Waals surface area contributed by atoms with E-state index >= 15 is 0 Å². The Bertz CT molecular complexity index is 1050. The van der Waals surface area contributed by atoms with Crippen molar-refractivity contribution in [1.82, 2.24) is 0 Å². The number of ether oxygens (including phenoxy) is 6. The second-order valence-electron chi connectivity index (χ2n) is 10.2. The molecule has 0 aromatic heterocycles. The lowest BCUT2D eigenvalue weighted by molar-refractivity contribution is -0.384. The number of nitrogens with zero attached hydrogens (tertiary/aromatic N) is 1. The summed E-state index contributed by atoms with van der Waals surface area (Å²) in [6.45, 7) is -2.17. The maximum atomic E-state index is 11.1. The van der Waals surface area contributed by atoms with Crippen molar-refractivity contribution in [3.8, 4) is 5.75 Å². The highest BCUT2D eigenvalue weighted by atomic mass is 16.7. The molecule has 3 saturated heterocycles. The van der Waals surface area contributed by atoms with E-state index in [0.717, 1.165) is 12.1 Å². The van der Waals surface area contributed by atoms with Gasteiger partial charge in [-0.2, -0.15) is 0 Å². The number of benzene rings is 1. The summed E-state index contributed by atoms with van der Waals surface area (Å²) in [5.41, 5.74) is -0.262. The first-order valence-corrected chi connectivity index (χ1v) is 13.2. The number of nitro benzene ring substituents is 1. The number of rotatable bonds is 10. The van der Waals surface area contributed by atoms with Crippen LogP contribution in [0.15, 0.2) is 24.3 Å². The SMILES string of the molecule is O=[N+]([O-])c1ccc(O[C@H]2O[C@H](CO[C@H]3O[C@H](CO)[C@@H](O)[C@H](O)[C@@H]3O)[C@H](O)[C@H](O[C@H]3O[C@H](CO)[C@@H](O)[C@H](O)[C@@H]3O)[C@@H]2O)cc1. The van der Waals surface area contributed by atoms with Gasteiger partial charge in [0.25, 0.3) is 5.69 Å². The van der Waals surface area contributed by atoms with Crippen molar-refractivity contribution < 1.29 is 84.4 Å². The van der Waals surface area contributed by atoms with E-state index in [1.807, 2.05) is 0 Å². The van der Waals surface area contributed by atoms with Gasteiger partial charge >= 0.3 is 0 Å². The second kappa shape index (κ2) is 14.3. The van der Waals surface area contributed by atoms with Gasteiger partial charge in [-0.25, -0.2) is 0 Å². The highest BCUT2D eigenvalue weighted by molar-refractivity contribution is 5.36. The molecule has 4 rings (SSSR count). The summed E-state index contributed by atoms with van der Waals surface area (Å²) in [5.74, 6) is -0.0220. The third-order valence-electron chi connectivity index (χ3n) is 7.35. The maximum absolute atomic E-state index is 11.1. The third-order valence-corrected chi connectivity index (χ3v) is 7.35. The van der Waals surface area contributed by atoms with Gasteiger partial charge in [0.15, 0.2) is 12.6 Å². The van der Waals surface area contributed by atoms with E-state index in [2.05, 4.69) is 0 Å². The predicted molar refractivity (Wildman–Crippen MR) is 133 cm³/mol. The zero-order chi connectivity index (χ0) is 31.6. The van der Waals surface area contributed by atoms with Crippen LogP contribution in [0.2, 0.25) is 0 Å². The molecule has 1 aromatic rings. The number of non-ortho nitro benzene ring substituents is 1. The van der Waals surface area contributed by atoms with Gasteiger partial charge in [-0.1, -0.05) is 0 Å². The van der Waals surface area contributed by atoms with Gasteiger partial charge in [-0.05, 0) is 12.1 Å². The molecule has 10 N–H and O–H groups in total. The Hall–Kier alpha value is -2.18. The van der Waals surface area contributed by atoms with Crippen molar-refractivity contribution in [3.05, 3.63) is 34.4 Å². The smallest absolute Gasteiger partial charge is 0.269 e. The van der Waals surface area contributed by atoms with Crippen LogP contribution in [0, 0.1) is 10.1 Å². The molecule has 244 valence electrons. The first-order chi connectivity index (χ1) is 20.4. The quantitative estimate of drug-likeness (QED) is 0.0856. The topological polar surface area (TPSA) is 301 Å². The molecule has 19 heteroatoms. The molecule has 0 spiro atoms. The van der Waals surface area contributed by atoms with Gasteiger partial charge in [0.05, 0.1) is 24.7 Å². The Kier molecular flexibility index (Phi) is 11.2. The Morgan fingerprint density at radius 3 is 1.70 bits per heavy atom. The van der Waals surface area contributed by atoms with E-state index in [-0.39, 0.29) is 11.4 Å². The van der Waals surface area contributed by atoms with Gasteiger partial charge in [0.2, 0.25) is 6.29 Å². The van der Waals surface area contributed by atoms with Crippen molar-refractivity contribution in [3.63, 3.8) is 0 Å².